The van der Waals surface area contributed by atoms with Crippen molar-refractivity contribution in [2.75, 3.05) is 23.8 Å². The molecule has 0 spiro atoms. The number of carbonyl (C=O) groups is 1. The number of para-hydroxylation sites is 1. The van der Waals surface area contributed by atoms with Gasteiger partial charge in [0.25, 0.3) is 5.69 Å². The Kier molecular flexibility index (Phi) is 5.76. The lowest BCUT2D eigenvalue weighted by molar-refractivity contribution is -0.384. The molecule has 0 atom stereocenters. The lowest BCUT2D eigenvalue weighted by atomic mass is 10.1. The van der Waals surface area contributed by atoms with E-state index in [1.54, 1.807) is 24.1 Å². The summed E-state index contributed by atoms with van der Waals surface area (Å²) in [5.74, 6) is -0.220. The topological polar surface area (TPSA) is 75.5 Å². The van der Waals surface area contributed by atoms with E-state index < -0.39 is 4.92 Å². The van der Waals surface area contributed by atoms with Crippen LogP contribution in [0.5, 0.6) is 0 Å². The molecule has 0 radical (unpaired) electrons. The quantitative estimate of drug-likeness (QED) is 0.436. The molecule has 0 saturated heterocycles. The number of rotatable bonds is 5. The van der Waals surface area contributed by atoms with Crippen LogP contribution in [0.1, 0.15) is 11.1 Å². The van der Waals surface area contributed by atoms with Gasteiger partial charge in [0.15, 0.2) is 0 Å². The van der Waals surface area contributed by atoms with Crippen LogP contribution in [0.15, 0.2) is 36.4 Å². The Hall–Kier alpha value is -2.16. The van der Waals surface area contributed by atoms with Crippen molar-refractivity contribution in [2.45, 2.75) is 13.8 Å². The van der Waals surface area contributed by atoms with Crippen molar-refractivity contribution < 1.29 is 9.72 Å². The minimum absolute atomic E-state index is 0.00993. The van der Waals surface area contributed by atoms with Crippen LogP contribution in [0.2, 0.25) is 0 Å². The van der Waals surface area contributed by atoms with Crippen LogP contribution in [0.4, 0.5) is 17.1 Å². The normalized spacial score (nSPS) is 10.3. The Bertz CT molecular complexity index is 772. The molecule has 2 aromatic carbocycles. The molecular formula is C17H18IN3O3. The summed E-state index contributed by atoms with van der Waals surface area (Å²) in [6, 6.07) is 10.7. The largest absolute Gasteiger partial charge is 0.360 e. The first-order valence-electron chi connectivity index (χ1n) is 7.30. The first kappa shape index (κ1) is 18.2. The Morgan fingerprint density at radius 3 is 2.46 bits per heavy atom. The Morgan fingerprint density at radius 2 is 1.88 bits per heavy atom. The minimum Gasteiger partial charge on any atom is -0.360 e. The number of benzene rings is 2. The van der Waals surface area contributed by atoms with Gasteiger partial charge in [-0.2, -0.15) is 0 Å². The maximum absolute atomic E-state index is 12.3. The third-order valence-corrected chi connectivity index (χ3v) is 4.34. The summed E-state index contributed by atoms with van der Waals surface area (Å²) in [5.41, 5.74) is 3.15. The van der Waals surface area contributed by atoms with Gasteiger partial charge in [-0.15, -0.1) is 0 Å². The second-order valence-electron chi connectivity index (χ2n) is 5.56. The molecule has 1 amide bonds. The van der Waals surface area contributed by atoms with Crippen LogP contribution < -0.4 is 10.2 Å². The molecule has 0 fully saturated rings. The van der Waals surface area contributed by atoms with Gasteiger partial charge < -0.3 is 10.2 Å². The van der Waals surface area contributed by atoms with Gasteiger partial charge in [0.05, 0.1) is 11.5 Å². The fraction of sp³-hybridized carbons (Fsp3) is 0.235. The molecule has 24 heavy (non-hydrogen) atoms. The number of nitrogens with one attached hydrogen (secondary N) is 1. The van der Waals surface area contributed by atoms with E-state index in [9.17, 15) is 14.9 Å². The molecule has 0 unspecified atom stereocenters. The van der Waals surface area contributed by atoms with Crippen LogP contribution in [-0.4, -0.2) is 24.4 Å². The number of hydrogen-bond donors (Lipinski definition) is 1. The van der Waals surface area contributed by atoms with Crippen molar-refractivity contribution in [1.29, 1.82) is 0 Å². The molecule has 7 heteroatoms. The van der Waals surface area contributed by atoms with Crippen molar-refractivity contribution in [3.05, 3.63) is 61.2 Å². The van der Waals surface area contributed by atoms with Crippen molar-refractivity contribution in [2.24, 2.45) is 0 Å². The fourth-order valence-electron chi connectivity index (χ4n) is 2.46. The highest BCUT2D eigenvalue weighted by atomic mass is 127. The molecule has 0 aromatic heterocycles. The number of aryl methyl sites for hydroxylation is 2. The molecular weight excluding hydrogens is 421 g/mol. The van der Waals surface area contributed by atoms with Gasteiger partial charge in [-0.1, -0.05) is 18.2 Å². The highest BCUT2D eigenvalue weighted by molar-refractivity contribution is 14.1. The van der Waals surface area contributed by atoms with Gasteiger partial charge in [0.2, 0.25) is 5.91 Å². The van der Waals surface area contributed by atoms with Crippen LogP contribution in [0.25, 0.3) is 0 Å². The average Bonchev–Trinajstić information content (AvgIpc) is 2.50. The number of nitro benzene ring substituents is 1. The van der Waals surface area contributed by atoms with Crippen LogP contribution in [0, 0.1) is 27.5 Å². The summed E-state index contributed by atoms with van der Waals surface area (Å²) < 4.78 is 0.774. The smallest absolute Gasteiger partial charge is 0.293 e. The van der Waals surface area contributed by atoms with Gasteiger partial charge in [-0.25, -0.2) is 0 Å². The highest BCUT2D eigenvalue weighted by Crippen LogP contribution is 2.29. The van der Waals surface area contributed by atoms with E-state index in [1.165, 1.54) is 6.07 Å². The SMILES string of the molecule is Cc1cccc(C)c1NC(=O)CN(C)c1ccc(I)cc1[N+](=O)[O-]. The predicted molar refractivity (Wildman–Crippen MR) is 104 cm³/mol. The molecule has 0 aliphatic carbocycles. The molecule has 0 aliphatic heterocycles. The molecule has 0 saturated carbocycles. The summed E-state index contributed by atoms with van der Waals surface area (Å²) in [7, 11) is 1.67. The lowest BCUT2D eigenvalue weighted by Gasteiger charge is -2.19. The van der Waals surface area contributed by atoms with Gasteiger partial charge in [-0.05, 0) is 59.7 Å². The van der Waals surface area contributed by atoms with E-state index in [0.717, 1.165) is 20.4 Å². The lowest BCUT2D eigenvalue weighted by Crippen LogP contribution is -2.30. The van der Waals surface area contributed by atoms with Gasteiger partial charge >= 0.3 is 0 Å². The second kappa shape index (κ2) is 7.61. The number of carbonyl (C=O) groups excluding carboxylic acids is 1. The van der Waals surface area contributed by atoms with Crippen molar-refractivity contribution in [1.82, 2.24) is 0 Å². The molecule has 0 aliphatic rings. The zero-order valence-corrected chi connectivity index (χ0v) is 15.8. The average molecular weight is 439 g/mol. The number of anilines is 2. The minimum atomic E-state index is -0.433. The van der Waals surface area contributed by atoms with Gasteiger partial charge in [0.1, 0.15) is 5.69 Å². The van der Waals surface area contributed by atoms with Crippen molar-refractivity contribution in [3.8, 4) is 0 Å². The summed E-state index contributed by atoms with van der Waals surface area (Å²) in [5, 5.41) is 14.1. The van der Waals surface area contributed by atoms with E-state index in [4.69, 9.17) is 0 Å². The maximum atomic E-state index is 12.3. The van der Waals surface area contributed by atoms with E-state index in [-0.39, 0.29) is 18.1 Å². The van der Waals surface area contributed by atoms with E-state index in [2.05, 4.69) is 5.32 Å². The zero-order chi connectivity index (χ0) is 17.9. The van der Waals surface area contributed by atoms with Crippen LogP contribution in [-0.2, 0) is 4.79 Å². The van der Waals surface area contributed by atoms with Gasteiger partial charge in [0, 0.05) is 22.4 Å². The number of hydrogen-bond acceptors (Lipinski definition) is 4. The molecule has 0 bridgehead atoms. The Balaban J connectivity index is 2.17. The highest BCUT2D eigenvalue weighted by Gasteiger charge is 2.19. The summed E-state index contributed by atoms with van der Waals surface area (Å²) in [4.78, 5) is 24.7. The first-order chi connectivity index (χ1) is 11.3. The Labute approximate surface area is 154 Å². The molecule has 126 valence electrons. The number of likely N-dealkylation sites (N-methyl/N-ethyl adjacent to an activating group) is 1. The van der Waals surface area contributed by atoms with E-state index in [0.29, 0.717) is 5.69 Å². The number of nitro groups is 1. The fourth-order valence-corrected chi connectivity index (χ4v) is 2.93. The van der Waals surface area contributed by atoms with E-state index >= 15 is 0 Å². The van der Waals surface area contributed by atoms with Gasteiger partial charge in [-0.3, -0.25) is 14.9 Å². The molecule has 2 aromatic rings. The van der Waals surface area contributed by atoms with E-state index in [1.807, 2.05) is 54.6 Å². The predicted octanol–water partition coefficient (Wildman–Crippen LogP) is 3.89. The second-order valence-corrected chi connectivity index (χ2v) is 6.81. The molecule has 1 N–H and O–H groups in total. The monoisotopic (exact) mass is 439 g/mol. The number of halogens is 1. The third kappa shape index (κ3) is 4.22. The standard InChI is InChI=1S/C17H18IN3O3/c1-11-5-4-6-12(2)17(11)19-16(22)10-20(3)14-8-7-13(18)9-15(14)21(23)24/h4-9H,10H2,1-3H3,(H,19,22). The van der Waals surface area contributed by atoms with Crippen LogP contribution in [0.3, 0.4) is 0 Å². The number of amides is 1. The summed E-state index contributed by atoms with van der Waals surface area (Å²) >= 11 is 2.02. The first-order valence-corrected chi connectivity index (χ1v) is 8.38. The summed E-state index contributed by atoms with van der Waals surface area (Å²) in [6.07, 6.45) is 0. The number of nitrogens with zero attached hydrogens (tertiary/aromatic N) is 2. The molecule has 0 heterocycles. The molecule has 6 nitrogen and oxygen atoms in total. The Morgan fingerprint density at radius 1 is 1.25 bits per heavy atom. The van der Waals surface area contributed by atoms with Crippen LogP contribution >= 0.6 is 22.6 Å². The summed E-state index contributed by atoms with van der Waals surface area (Å²) in [6.45, 7) is 3.88. The third-order valence-electron chi connectivity index (χ3n) is 3.67. The molecule has 2 rings (SSSR count). The zero-order valence-electron chi connectivity index (χ0n) is 13.7. The maximum Gasteiger partial charge on any atom is 0.293 e. The van der Waals surface area contributed by atoms with Crippen molar-refractivity contribution in [3.63, 3.8) is 0 Å². The van der Waals surface area contributed by atoms with Crippen molar-refractivity contribution >= 4 is 45.6 Å².